The van der Waals surface area contributed by atoms with E-state index in [1.165, 1.54) is 26.4 Å². The molecule has 2 aromatic heterocycles. The number of aromatic nitrogens is 2. The molecule has 1 N–H and O–H groups in total. The zero-order valence-corrected chi connectivity index (χ0v) is 20.5. The van der Waals surface area contributed by atoms with Crippen LogP contribution < -0.4 is 5.32 Å². The highest BCUT2D eigenvalue weighted by Crippen LogP contribution is 2.36. The minimum Gasteiger partial charge on any atom is -0.464 e. The van der Waals surface area contributed by atoms with E-state index in [1.807, 2.05) is 23.8 Å². The molecule has 8 nitrogen and oxygen atoms in total. The molecule has 0 bridgehead atoms. The molecule has 0 unspecified atom stereocenters. The predicted octanol–water partition coefficient (Wildman–Crippen LogP) is 4.35. The van der Waals surface area contributed by atoms with E-state index in [9.17, 15) is 14.9 Å². The van der Waals surface area contributed by atoms with Crippen LogP contribution in [0.3, 0.4) is 0 Å². The summed E-state index contributed by atoms with van der Waals surface area (Å²) in [7, 11) is 1.40. The molecule has 1 saturated heterocycles. The quantitative estimate of drug-likeness (QED) is 0.641. The van der Waals surface area contributed by atoms with Crippen molar-refractivity contribution in [2.24, 2.45) is 0 Å². The van der Waals surface area contributed by atoms with Gasteiger partial charge in [-0.1, -0.05) is 19.3 Å². The summed E-state index contributed by atoms with van der Waals surface area (Å²) in [5, 5.41) is 12.9. The predicted molar refractivity (Wildman–Crippen MR) is 130 cm³/mol. The van der Waals surface area contributed by atoms with Crippen molar-refractivity contribution in [2.75, 3.05) is 32.1 Å². The molecule has 1 aliphatic carbocycles. The molecule has 0 aromatic carbocycles. The van der Waals surface area contributed by atoms with E-state index in [0.29, 0.717) is 29.7 Å². The molecule has 0 atom stereocenters. The number of nitriles is 1. The number of methoxy groups -OCH3 is 1. The first-order chi connectivity index (χ1) is 16.4. The van der Waals surface area contributed by atoms with Crippen molar-refractivity contribution in [1.29, 1.82) is 5.26 Å². The highest BCUT2D eigenvalue weighted by Gasteiger charge is 2.28. The fourth-order valence-corrected chi connectivity index (χ4v) is 5.60. The lowest BCUT2D eigenvalue weighted by molar-refractivity contribution is -0.117. The largest absolute Gasteiger partial charge is 0.464 e. The second kappa shape index (κ2) is 10.5. The maximum Gasteiger partial charge on any atom is 0.354 e. The number of esters is 1. The van der Waals surface area contributed by atoms with Crippen molar-refractivity contribution in [3.8, 4) is 6.07 Å². The molecule has 34 heavy (non-hydrogen) atoms. The number of rotatable bonds is 6. The molecule has 2 fully saturated rings. The molecule has 1 saturated carbocycles. The van der Waals surface area contributed by atoms with E-state index in [4.69, 9.17) is 4.74 Å². The lowest BCUT2D eigenvalue weighted by atomic mass is 9.95. The van der Waals surface area contributed by atoms with Crippen LogP contribution in [0.15, 0.2) is 18.3 Å². The first kappa shape index (κ1) is 24.1. The summed E-state index contributed by atoms with van der Waals surface area (Å²) in [6.45, 7) is 5.85. The van der Waals surface area contributed by atoms with Crippen molar-refractivity contribution in [3.05, 3.63) is 40.8 Å². The number of nitrogens with zero attached hydrogens (tertiary/aromatic N) is 4. The summed E-state index contributed by atoms with van der Waals surface area (Å²) in [6.07, 6.45) is 9.43. The summed E-state index contributed by atoms with van der Waals surface area (Å²) in [5.74, 6) is 0.256. The molecule has 8 heteroatoms. The van der Waals surface area contributed by atoms with Gasteiger partial charge in [0.2, 0.25) is 5.91 Å². The number of carbonyl (C=O) groups excluding carboxylic acids is 2. The smallest absolute Gasteiger partial charge is 0.354 e. The van der Waals surface area contributed by atoms with Gasteiger partial charge in [0, 0.05) is 37.1 Å². The molecular weight excluding hydrogens is 430 g/mol. The highest BCUT2D eigenvalue weighted by molar-refractivity contribution is 5.93. The molecule has 1 aliphatic heterocycles. The Labute approximate surface area is 201 Å². The van der Waals surface area contributed by atoms with Crippen LogP contribution in [-0.4, -0.2) is 52.7 Å². The van der Waals surface area contributed by atoms with Crippen LogP contribution in [0.1, 0.15) is 84.3 Å². The average molecular weight is 466 g/mol. The molecule has 0 radical (unpaired) electrons. The number of anilines is 1. The molecule has 2 aromatic rings. The first-order valence-corrected chi connectivity index (χ1v) is 12.3. The number of amides is 1. The normalized spacial score (nSPS) is 17.9. The van der Waals surface area contributed by atoms with Gasteiger partial charge in [-0.3, -0.25) is 9.69 Å². The molecule has 1 amide bonds. The summed E-state index contributed by atoms with van der Waals surface area (Å²) < 4.78 is 9.09. The number of piperidine rings is 1. The van der Waals surface area contributed by atoms with Gasteiger partial charge in [0.05, 0.1) is 19.2 Å². The molecule has 182 valence electrons. The van der Waals surface area contributed by atoms with Crippen LogP contribution in [0.5, 0.6) is 0 Å². The van der Waals surface area contributed by atoms with E-state index in [1.54, 1.807) is 6.07 Å². The number of nitrogens with one attached hydrogen (secondary N) is 1. The van der Waals surface area contributed by atoms with E-state index in [2.05, 4.69) is 27.8 Å². The molecular formula is C26H35N5O3. The first-order valence-electron chi connectivity index (χ1n) is 12.3. The van der Waals surface area contributed by atoms with Gasteiger partial charge in [-0.15, -0.1) is 0 Å². The van der Waals surface area contributed by atoms with Gasteiger partial charge in [-0.05, 0) is 57.2 Å². The molecule has 0 spiro atoms. The second-order valence-electron chi connectivity index (χ2n) is 9.56. The van der Waals surface area contributed by atoms with Crippen LogP contribution in [0.2, 0.25) is 0 Å². The Morgan fingerprint density at radius 1 is 1.12 bits per heavy atom. The van der Waals surface area contributed by atoms with Gasteiger partial charge >= 0.3 is 5.97 Å². The van der Waals surface area contributed by atoms with Gasteiger partial charge in [0.25, 0.3) is 0 Å². The maximum atomic E-state index is 13.1. The topological polar surface area (TPSA) is 92.3 Å². The van der Waals surface area contributed by atoms with E-state index in [0.717, 1.165) is 50.0 Å². The number of hydrogen-bond donors (Lipinski definition) is 1. The number of hydrogen-bond acceptors (Lipinski definition) is 5. The van der Waals surface area contributed by atoms with Gasteiger partial charge in [0.15, 0.2) is 0 Å². The Hall–Kier alpha value is -3.05. The number of ether oxygens (including phenoxy) is 1. The third kappa shape index (κ3) is 4.76. The van der Waals surface area contributed by atoms with E-state index >= 15 is 0 Å². The van der Waals surface area contributed by atoms with Crippen molar-refractivity contribution in [2.45, 2.75) is 70.9 Å². The SMILES string of the molecule is COC(=O)c1cccn1C1CCN(CC(=O)Nc2c(C#N)c(C)c(C)n2C2CCCCC2)CC1. The standard InChI is InChI=1S/C26H35N5O3/c1-18-19(2)31(21-8-5-4-6-9-21)25(22(18)16-27)28-24(32)17-29-14-11-20(12-15-29)30-13-7-10-23(30)26(33)34-3/h7,10,13,20-21H,4-6,8-9,11-12,14-15,17H2,1-3H3,(H,28,32). The Kier molecular flexibility index (Phi) is 7.42. The third-order valence-electron chi connectivity index (χ3n) is 7.56. The lowest BCUT2D eigenvalue weighted by Gasteiger charge is -2.33. The number of likely N-dealkylation sites (tertiary alicyclic amines) is 1. The summed E-state index contributed by atoms with van der Waals surface area (Å²) in [6, 6.07) is 6.52. The Morgan fingerprint density at radius 2 is 1.82 bits per heavy atom. The zero-order chi connectivity index (χ0) is 24.2. The average Bonchev–Trinajstić information content (AvgIpc) is 3.43. The fourth-order valence-electron chi connectivity index (χ4n) is 5.60. The van der Waals surface area contributed by atoms with Crippen LogP contribution in [-0.2, 0) is 9.53 Å². The number of carbonyl (C=O) groups is 2. The van der Waals surface area contributed by atoms with Gasteiger partial charge in [0.1, 0.15) is 17.6 Å². The van der Waals surface area contributed by atoms with Crippen molar-refractivity contribution in [1.82, 2.24) is 14.0 Å². The highest BCUT2D eigenvalue weighted by atomic mass is 16.5. The Balaban J connectivity index is 1.41. The van der Waals surface area contributed by atoms with Crippen molar-refractivity contribution in [3.63, 3.8) is 0 Å². The lowest BCUT2D eigenvalue weighted by Crippen LogP contribution is -2.40. The summed E-state index contributed by atoms with van der Waals surface area (Å²) in [5.41, 5.74) is 3.18. The third-order valence-corrected chi connectivity index (χ3v) is 7.56. The van der Waals surface area contributed by atoms with Gasteiger partial charge in [-0.2, -0.15) is 5.26 Å². The second-order valence-corrected chi connectivity index (χ2v) is 9.56. The van der Waals surface area contributed by atoms with Gasteiger partial charge in [-0.25, -0.2) is 4.79 Å². The Morgan fingerprint density at radius 3 is 2.47 bits per heavy atom. The minimum absolute atomic E-state index is 0.0827. The maximum absolute atomic E-state index is 13.1. The van der Waals surface area contributed by atoms with Crippen LogP contribution in [0, 0.1) is 25.2 Å². The summed E-state index contributed by atoms with van der Waals surface area (Å²) in [4.78, 5) is 27.2. The van der Waals surface area contributed by atoms with Crippen LogP contribution in [0.25, 0.3) is 0 Å². The minimum atomic E-state index is -0.327. The zero-order valence-electron chi connectivity index (χ0n) is 20.5. The van der Waals surface area contributed by atoms with Gasteiger partial charge < -0.3 is 19.2 Å². The monoisotopic (exact) mass is 465 g/mol. The Bertz CT molecular complexity index is 1080. The van der Waals surface area contributed by atoms with Crippen molar-refractivity contribution < 1.29 is 14.3 Å². The fraction of sp³-hybridized carbons (Fsp3) is 0.577. The van der Waals surface area contributed by atoms with Crippen LogP contribution >= 0.6 is 0 Å². The molecule has 3 heterocycles. The molecule has 2 aliphatic rings. The summed E-state index contributed by atoms with van der Waals surface area (Å²) >= 11 is 0. The van der Waals surface area contributed by atoms with Crippen LogP contribution in [0.4, 0.5) is 5.82 Å². The van der Waals surface area contributed by atoms with E-state index in [-0.39, 0.29) is 17.9 Å². The van der Waals surface area contributed by atoms with Crippen molar-refractivity contribution >= 4 is 17.7 Å². The van der Waals surface area contributed by atoms with E-state index < -0.39 is 0 Å². The molecule has 4 rings (SSSR count).